The summed E-state index contributed by atoms with van der Waals surface area (Å²) in [5, 5.41) is 3.16. The molecule has 3 rings (SSSR count). The monoisotopic (exact) mass is 444 g/mol. The molecular weight excluding hydrogens is 419 g/mol. The van der Waals surface area contributed by atoms with E-state index in [1.54, 1.807) is 23.1 Å². The van der Waals surface area contributed by atoms with Crippen LogP contribution in [0.4, 0.5) is 10.2 Å². The van der Waals surface area contributed by atoms with Gasteiger partial charge in [0.05, 0.1) is 17.8 Å². The molecule has 164 valence electrons. The minimum Gasteiger partial charge on any atom is -0.352 e. The number of nitrogens with zero attached hydrogens (tertiary/aromatic N) is 3. The van der Waals surface area contributed by atoms with Gasteiger partial charge in [-0.25, -0.2) is 9.37 Å². The summed E-state index contributed by atoms with van der Waals surface area (Å²) in [5.74, 6) is 0.188. The van der Waals surface area contributed by atoms with E-state index in [0.717, 1.165) is 6.07 Å². The number of hydrogen-bond donors (Lipinski definition) is 1. The van der Waals surface area contributed by atoms with Crippen LogP contribution in [0.2, 0.25) is 5.02 Å². The van der Waals surface area contributed by atoms with Crippen LogP contribution in [-0.4, -0.2) is 41.5 Å². The van der Waals surface area contributed by atoms with Gasteiger partial charge in [0.15, 0.2) is 0 Å². The highest BCUT2D eigenvalue weighted by atomic mass is 35.5. The second-order valence-electron chi connectivity index (χ2n) is 7.98. The van der Waals surface area contributed by atoms with Gasteiger partial charge >= 0.3 is 0 Å². The summed E-state index contributed by atoms with van der Waals surface area (Å²) < 4.78 is 14.1. The quantitative estimate of drug-likeness (QED) is 0.720. The average Bonchev–Trinajstić information content (AvgIpc) is 2.77. The summed E-state index contributed by atoms with van der Waals surface area (Å²) in [6, 6.07) is 7.42. The van der Waals surface area contributed by atoms with Crippen LogP contribution in [0.15, 0.2) is 48.8 Å². The van der Waals surface area contributed by atoms with Crippen molar-refractivity contribution in [2.45, 2.75) is 20.8 Å². The van der Waals surface area contributed by atoms with Gasteiger partial charge in [-0.05, 0) is 48.2 Å². The molecule has 31 heavy (non-hydrogen) atoms. The highest BCUT2D eigenvalue weighted by Gasteiger charge is 2.23. The fraction of sp³-hybridized carbons (Fsp3) is 0.348. The highest BCUT2D eigenvalue weighted by molar-refractivity contribution is 6.30. The van der Waals surface area contributed by atoms with Gasteiger partial charge < -0.3 is 15.1 Å². The zero-order valence-electron chi connectivity index (χ0n) is 17.8. The Morgan fingerprint density at radius 3 is 2.65 bits per heavy atom. The molecule has 6 nitrogen and oxygen atoms in total. The lowest BCUT2D eigenvalue weighted by Gasteiger charge is -2.32. The van der Waals surface area contributed by atoms with Gasteiger partial charge in [0.1, 0.15) is 11.6 Å². The van der Waals surface area contributed by atoms with Crippen LogP contribution in [0.3, 0.4) is 0 Å². The predicted octanol–water partition coefficient (Wildman–Crippen LogP) is 4.33. The van der Waals surface area contributed by atoms with Crippen LogP contribution in [0.5, 0.6) is 0 Å². The van der Waals surface area contributed by atoms with Gasteiger partial charge in [-0.15, -0.1) is 0 Å². The van der Waals surface area contributed by atoms with E-state index in [0.29, 0.717) is 36.3 Å². The largest absolute Gasteiger partial charge is 0.352 e. The van der Waals surface area contributed by atoms with E-state index in [1.807, 2.05) is 6.20 Å². The Morgan fingerprint density at radius 1 is 1.23 bits per heavy atom. The minimum atomic E-state index is -0.654. The summed E-state index contributed by atoms with van der Waals surface area (Å²) in [6.07, 6.45) is 5.12. The number of hydrogen-bond acceptors (Lipinski definition) is 4. The summed E-state index contributed by atoms with van der Waals surface area (Å²) in [6.45, 7) is 7.50. The number of rotatable bonds is 6. The molecule has 1 atom stereocenters. The van der Waals surface area contributed by atoms with Gasteiger partial charge in [-0.2, -0.15) is 0 Å². The maximum Gasteiger partial charge on any atom is 0.258 e. The molecule has 0 aliphatic carbocycles. The molecule has 1 aromatic heterocycles. The van der Waals surface area contributed by atoms with Gasteiger partial charge in [-0.3, -0.25) is 9.59 Å². The van der Waals surface area contributed by atoms with E-state index in [1.165, 1.54) is 23.2 Å². The predicted molar refractivity (Wildman–Crippen MR) is 120 cm³/mol. The van der Waals surface area contributed by atoms with Crippen molar-refractivity contribution in [3.05, 3.63) is 70.8 Å². The molecule has 1 aliphatic rings. The number of pyridine rings is 1. The standard InChI is InChI=1S/C23H26ClFN4O2/c1-15(2)16(3)12-27-22(30)17-5-8-21(26-13-17)28-9-4-10-29(14-28)23(31)19-7-6-18(24)11-20(19)25/h4-9,11,13,15-16H,10,12,14H2,1-3H3,(H,27,30). The maximum atomic E-state index is 14.1. The molecule has 1 aliphatic heterocycles. The Labute approximate surface area is 186 Å². The number of benzene rings is 1. The summed E-state index contributed by atoms with van der Waals surface area (Å²) >= 11 is 5.77. The first kappa shape index (κ1) is 22.7. The van der Waals surface area contributed by atoms with Crippen molar-refractivity contribution >= 4 is 29.2 Å². The molecule has 0 bridgehead atoms. The highest BCUT2D eigenvalue weighted by Crippen LogP contribution is 2.20. The number of amides is 2. The van der Waals surface area contributed by atoms with E-state index in [2.05, 4.69) is 31.1 Å². The van der Waals surface area contributed by atoms with Crippen LogP contribution in [0, 0.1) is 17.7 Å². The van der Waals surface area contributed by atoms with Crippen molar-refractivity contribution in [2.75, 3.05) is 24.7 Å². The molecule has 1 aromatic carbocycles. The number of carbonyl (C=O) groups excluding carboxylic acids is 2. The fourth-order valence-corrected chi connectivity index (χ4v) is 3.16. The van der Waals surface area contributed by atoms with Gasteiger partial charge in [0.2, 0.25) is 0 Å². The van der Waals surface area contributed by atoms with Crippen molar-refractivity contribution in [3.63, 3.8) is 0 Å². The van der Waals surface area contributed by atoms with Gasteiger partial charge in [-0.1, -0.05) is 32.4 Å². The zero-order valence-corrected chi connectivity index (χ0v) is 18.6. The van der Waals surface area contributed by atoms with Crippen LogP contribution in [-0.2, 0) is 0 Å². The lowest BCUT2D eigenvalue weighted by atomic mass is 9.98. The lowest BCUT2D eigenvalue weighted by molar-refractivity contribution is 0.0766. The van der Waals surface area contributed by atoms with Crippen LogP contribution in [0.25, 0.3) is 0 Å². The molecule has 2 amide bonds. The molecule has 1 unspecified atom stereocenters. The number of aromatic nitrogens is 1. The number of nitrogens with one attached hydrogen (secondary N) is 1. The zero-order chi connectivity index (χ0) is 22.5. The smallest absolute Gasteiger partial charge is 0.258 e. The number of anilines is 1. The topological polar surface area (TPSA) is 65.5 Å². The van der Waals surface area contributed by atoms with Gasteiger partial charge in [0, 0.05) is 30.5 Å². The second kappa shape index (κ2) is 9.92. The Bertz CT molecular complexity index is 978. The molecule has 1 N–H and O–H groups in total. The molecule has 2 heterocycles. The third-order valence-electron chi connectivity index (χ3n) is 5.41. The Kier molecular flexibility index (Phi) is 7.28. The Morgan fingerprint density at radius 2 is 2.00 bits per heavy atom. The number of halogens is 2. The molecular formula is C23H26ClFN4O2. The maximum absolute atomic E-state index is 14.1. The normalized spacial score (nSPS) is 14.6. The van der Waals surface area contributed by atoms with Crippen molar-refractivity contribution in [2.24, 2.45) is 11.8 Å². The Hall–Kier alpha value is -2.93. The summed E-state index contributed by atoms with van der Waals surface area (Å²) in [4.78, 5) is 32.7. The van der Waals surface area contributed by atoms with Crippen LogP contribution in [0.1, 0.15) is 41.5 Å². The second-order valence-corrected chi connectivity index (χ2v) is 8.42. The van der Waals surface area contributed by atoms with Gasteiger partial charge in [0.25, 0.3) is 11.8 Å². The van der Waals surface area contributed by atoms with Crippen molar-refractivity contribution in [3.8, 4) is 0 Å². The number of carbonyl (C=O) groups is 2. The van der Waals surface area contributed by atoms with Crippen LogP contribution < -0.4 is 10.2 Å². The third kappa shape index (κ3) is 5.61. The molecule has 8 heteroatoms. The average molecular weight is 445 g/mol. The van der Waals surface area contributed by atoms with E-state index in [4.69, 9.17) is 11.6 Å². The summed E-state index contributed by atoms with van der Waals surface area (Å²) in [7, 11) is 0. The van der Waals surface area contributed by atoms with Crippen molar-refractivity contribution < 1.29 is 14.0 Å². The summed E-state index contributed by atoms with van der Waals surface area (Å²) in [5.41, 5.74) is 0.437. The third-order valence-corrected chi connectivity index (χ3v) is 5.65. The van der Waals surface area contributed by atoms with E-state index in [-0.39, 0.29) is 23.2 Å². The molecule has 0 radical (unpaired) electrons. The molecule has 0 saturated heterocycles. The first-order chi connectivity index (χ1) is 14.8. The molecule has 0 fully saturated rings. The SMILES string of the molecule is CC(C)C(C)CNC(=O)c1ccc(N2C=CCN(C(=O)c3ccc(Cl)cc3F)C2)nc1. The van der Waals surface area contributed by atoms with Crippen molar-refractivity contribution in [1.29, 1.82) is 0 Å². The van der Waals surface area contributed by atoms with Crippen molar-refractivity contribution in [1.82, 2.24) is 15.2 Å². The molecule has 0 saturated carbocycles. The van der Waals surface area contributed by atoms with Crippen LogP contribution >= 0.6 is 11.6 Å². The lowest BCUT2D eigenvalue weighted by Crippen LogP contribution is -2.43. The molecule has 0 spiro atoms. The Balaban J connectivity index is 1.65. The van der Waals surface area contributed by atoms with E-state index < -0.39 is 11.7 Å². The first-order valence-electron chi connectivity index (χ1n) is 10.2. The van der Waals surface area contributed by atoms with E-state index >= 15 is 0 Å². The fourth-order valence-electron chi connectivity index (χ4n) is 3.00. The first-order valence-corrected chi connectivity index (χ1v) is 10.6. The van der Waals surface area contributed by atoms with E-state index in [9.17, 15) is 14.0 Å². The minimum absolute atomic E-state index is 0.0322. The molecule has 2 aromatic rings.